The number of fused-ring (bicyclic) bond motifs is 2. The van der Waals surface area contributed by atoms with Crippen molar-refractivity contribution in [1.29, 1.82) is 0 Å². The molecule has 5 rings (SSSR count). The Kier molecular flexibility index (Phi) is 5.74. The average molecular weight is 437 g/mol. The van der Waals surface area contributed by atoms with E-state index in [0.717, 1.165) is 23.1 Å². The summed E-state index contributed by atoms with van der Waals surface area (Å²) in [6.45, 7) is 2.03. The predicted molar refractivity (Wildman–Crippen MR) is 133 cm³/mol. The summed E-state index contributed by atoms with van der Waals surface area (Å²) < 4.78 is 5.43. The fraction of sp³-hybridized carbons (Fsp3) is 0.207. The van der Waals surface area contributed by atoms with Gasteiger partial charge in [0.2, 0.25) is 0 Å². The van der Waals surface area contributed by atoms with Crippen LogP contribution in [0.25, 0.3) is 10.8 Å². The van der Waals surface area contributed by atoms with Gasteiger partial charge in [-0.05, 0) is 58.5 Å². The van der Waals surface area contributed by atoms with Gasteiger partial charge in [0.1, 0.15) is 5.75 Å². The Morgan fingerprint density at radius 2 is 1.70 bits per heavy atom. The second-order valence-corrected chi connectivity index (χ2v) is 8.67. The number of carbonyl (C=O) groups excluding carboxylic acids is 1. The smallest absolute Gasteiger partial charge is 0.315 e. The van der Waals surface area contributed by atoms with Crippen LogP contribution in [0.4, 0.5) is 4.79 Å². The summed E-state index contributed by atoms with van der Waals surface area (Å²) in [6.07, 6.45) is 0.766. The summed E-state index contributed by atoms with van der Waals surface area (Å²) >= 11 is 0. The van der Waals surface area contributed by atoms with E-state index >= 15 is 0 Å². The summed E-state index contributed by atoms with van der Waals surface area (Å²) in [7, 11) is 1.68. The van der Waals surface area contributed by atoms with Crippen LogP contribution < -0.4 is 15.4 Å². The molecular weight excluding hydrogens is 408 g/mol. The van der Waals surface area contributed by atoms with Crippen LogP contribution in [-0.4, -0.2) is 19.2 Å². The van der Waals surface area contributed by atoms with Gasteiger partial charge in [0.15, 0.2) is 0 Å². The van der Waals surface area contributed by atoms with Gasteiger partial charge in [0, 0.05) is 12.0 Å². The highest BCUT2D eigenvalue weighted by atomic mass is 16.5. The quantitative estimate of drug-likeness (QED) is 0.405. The number of hydrogen-bond acceptors (Lipinski definition) is 2. The van der Waals surface area contributed by atoms with Crippen molar-refractivity contribution >= 4 is 16.8 Å². The maximum absolute atomic E-state index is 13.1. The number of methoxy groups -OCH3 is 1. The zero-order chi connectivity index (χ0) is 22.8. The van der Waals surface area contributed by atoms with Gasteiger partial charge < -0.3 is 15.4 Å². The van der Waals surface area contributed by atoms with Gasteiger partial charge in [-0.1, -0.05) is 78.9 Å². The van der Waals surface area contributed by atoms with E-state index in [2.05, 4.69) is 71.3 Å². The number of hydrogen-bond donors (Lipinski definition) is 2. The largest absolute Gasteiger partial charge is 0.497 e. The van der Waals surface area contributed by atoms with Gasteiger partial charge >= 0.3 is 6.03 Å². The molecular formula is C29H28N2O2. The van der Waals surface area contributed by atoms with E-state index in [0.29, 0.717) is 0 Å². The summed E-state index contributed by atoms with van der Waals surface area (Å²) in [5.41, 5.74) is 4.78. The van der Waals surface area contributed by atoms with Crippen molar-refractivity contribution in [3.63, 3.8) is 0 Å². The van der Waals surface area contributed by atoms with Crippen molar-refractivity contribution in [2.24, 2.45) is 0 Å². The molecule has 0 unspecified atom stereocenters. The highest BCUT2D eigenvalue weighted by Crippen LogP contribution is 2.40. The maximum atomic E-state index is 13.1. The fourth-order valence-electron chi connectivity index (χ4n) is 5.08. The first-order valence-electron chi connectivity index (χ1n) is 11.4. The Bertz CT molecular complexity index is 1280. The minimum absolute atomic E-state index is 0.0331. The topological polar surface area (TPSA) is 50.4 Å². The Morgan fingerprint density at radius 3 is 2.52 bits per heavy atom. The third-order valence-electron chi connectivity index (χ3n) is 6.64. The summed E-state index contributed by atoms with van der Waals surface area (Å²) in [5.74, 6) is 0.945. The molecule has 4 heteroatoms. The van der Waals surface area contributed by atoms with Crippen molar-refractivity contribution < 1.29 is 9.53 Å². The Labute approximate surface area is 194 Å². The molecule has 4 aromatic rings. The minimum Gasteiger partial charge on any atom is -0.497 e. The Morgan fingerprint density at radius 1 is 0.939 bits per heavy atom. The second-order valence-electron chi connectivity index (χ2n) is 8.67. The molecule has 2 N–H and O–H groups in total. The SMILES string of the molecule is COc1ccc2c(c1)C[C@@H](NC(=O)N[C@H](C)c1cccc3ccccc13)[C@@H]2c1ccccc1. The lowest BCUT2D eigenvalue weighted by molar-refractivity contribution is 0.233. The van der Waals surface area contributed by atoms with Crippen LogP contribution in [0, 0.1) is 0 Å². The number of carbonyl (C=O) groups is 1. The molecule has 4 aromatic carbocycles. The van der Waals surface area contributed by atoms with Crippen LogP contribution in [0.2, 0.25) is 0 Å². The van der Waals surface area contributed by atoms with E-state index < -0.39 is 0 Å². The summed E-state index contributed by atoms with van der Waals surface area (Å²) in [5, 5.41) is 8.77. The van der Waals surface area contributed by atoms with Crippen LogP contribution in [0.15, 0.2) is 91.0 Å². The first-order valence-corrected chi connectivity index (χ1v) is 11.4. The van der Waals surface area contributed by atoms with Gasteiger partial charge in [0.05, 0.1) is 13.2 Å². The van der Waals surface area contributed by atoms with Gasteiger partial charge in [0.25, 0.3) is 0 Å². The third kappa shape index (κ3) is 4.17. The lowest BCUT2D eigenvalue weighted by Gasteiger charge is -2.24. The standard InChI is InChI=1S/C29H28N2O2/c1-19(24-14-8-12-20-9-6-7-13-25(20)24)30-29(32)31-27-18-22-17-23(33-2)15-16-26(22)28(27)21-10-4-3-5-11-21/h3-17,19,27-28H,18H2,1-2H3,(H2,30,31,32)/t19-,27-,28-/m1/s1. The van der Waals surface area contributed by atoms with Gasteiger partial charge in [-0.2, -0.15) is 0 Å². The van der Waals surface area contributed by atoms with Crippen LogP contribution in [0.5, 0.6) is 5.75 Å². The number of rotatable bonds is 5. The molecule has 0 fully saturated rings. The number of ether oxygens (including phenoxy) is 1. The highest BCUT2D eigenvalue weighted by Gasteiger charge is 2.35. The van der Waals surface area contributed by atoms with E-state index in [1.165, 1.54) is 22.1 Å². The van der Waals surface area contributed by atoms with Crippen LogP contribution in [0.3, 0.4) is 0 Å². The molecule has 1 aliphatic rings. The fourth-order valence-corrected chi connectivity index (χ4v) is 5.08. The normalized spacial score (nSPS) is 17.9. The van der Waals surface area contributed by atoms with E-state index in [-0.39, 0.29) is 24.0 Å². The lowest BCUT2D eigenvalue weighted by Crippen LogP contribution is -2.45. The van der Waals surface area contributed by atoms with Crippen LogP contribution >= 0.6 is 0 Å². The number of nitrogens with one attached hydrogen (secondary N) is 2. The van der Waals surface area contributed by atoms with Gasteiger partial charge in [-0.25, -0.2) is 4.79 Å². The van der Waals surface area contributed by atoms with E-state index in [9.17, 15) is 4.79 Å². The average Bonchev–Trinajstić information content (AvgIpc) is 3.20. The monoisotopic (exact) mass is 436 g/mol. The Hall–Kier alpha value is -3.79. The molecule has 0 aliphatic heterocycles. The van der Waals surface area contributed by atoms with E-state index in [1.807, 2.05) is 37.3 Å². The number of amides is 2. The van der Waals surface area contributed by atoms with Crippen molar-refractivity contribution in [3.8, 4) is 5.75 Å². The van der Waals surface area contributed by atoms with Crippen molar-refractivity contribution in [2.75, 3.05) is 7.11 Å². The molecule has 0 spiro atoms. The van der Waals surface area contributed by atoms with E-state index in [4.69, 9.17) is 4.74 Å². The highest BCUT2D eigenvalue weighted by molar-refractivity contribution is 5.86. The summed E-state index contributed by atoms with van der Waals surface area (Å²) in [4.78, 5) is 13.1. The third-order valence-corrected chi connectivity index (χ3v) is 6.64. The molecule has 0 saturated heterocycles. The first kappa shape index (κ1) is 21.1. The van der Waals surface area contributed by atoms with Crippen molar-refractivity contribution in [2.45, 2.75) is 31.3 Å². The molecule has 33 heavy (non-hydrogen) atoms. The Balaban J connectivity index is 1.37. The molecule has 166 valence electrons. The zero-order valence-corrected chi connectivity index (χ0v) is 18.9. The second kappa shape index (κ2) is 8.99. The van der Waals surface area contributed by atoms with Crippen molar-refractivity contribution in [1.82, 2.24) is 10.6 Å². The lowest BCUT2D eigenvalue weighted by atomic mass is 9.90. The molecule has 3 atom stereocenters. The predicted octanol–water partition coefficient (Wildman–Crippen LogP) is 5.97. The molecule has 4 nitrogen and oxygen atoms in total. The molecule has 0 radical (unpaired) electrons. The summed E-state index contributed by atoms with van der Waals surface area (Å²) in [6, 6.07) is 30.8. The molecule has 0 heterocycles. The van der Waals surface area contributed by atoms with Crippen molar-refractivity contribution in [3.05, 3.63) is 113 Å². The molecule has 2 amide bonds. The molecule has 0 aromatic heterocycles. The maximum Gasteiger partial charge on any atom is 0.315 e. The van der Waals surface area contributed by atoms with Crippen LogP contribution in [-0.2, 0) is 6.42 Å². The molecule has 1 aliphatic carbocycles. The minimum atomic E-state index is -0.152. The number of urea groups is 1. The first-order chi connectivity index (χ1) is 16.1. The van der Waals surface area contributed by atoms with Gasteiger partial charge in [-0.3, -0.25) is 0 Å². The number of benzene rings is 4. The zero-order valence-electron chi connectivity index (χ0n) is 18.9. The van der Waals surface area contributed by atoms with E-state index in [1.54, 1.807) is 7.11 Å². The molecule has 0 bridgehead atoms. The van der Waals surface area contributed by atoms with Gasteiger partial charge in [-0.15, -0.1) is 0 Å². The van der Waals surface area contributed by atoms with Crippen LogP contribution in [0.1, 0.15) is 41.1 Å². The molecule has 0 saturated carbocycles.